The lowest BCUT2D eigenvalue weighted by Gasteiger charge is -2.23. The highest BCUT2D eigenvalue weighted by Crippen LogP contribution is 2.22. The van der Waals surface area contributed by atoms with Crippen molar-refractivity contribution in [1.29, 1.82) is 0 Å². The van der Waals surface area contributed by atoms with E-state index >= 15 is 0 Å². The smallest absolute Gasteiger partial charge is 0.315 e. The number of aromatic nitrogens is 4. The van der Waals surface area contributed by atoms with Crippen LogP contribution in [0.1, 0.15) is 43.0 Å². The summed E-state index contributed by atoms with van der Waals surface area (Å²) in [6.07, 6.45) is 7.03. The number of rotatable bonds is 5. The number of urea groups is 1. The number of hydrogen-bond acceptors (Lipinski definition) is 4. The van der Waals surface area contributed by atoms with Gasteiger partial charge in [0.2, 0.25) is 0 Å². The summed E-state index contributed by atoms with van der Waals surface area (Å²) < 4.78 is 1.92. The van der Waals surface area contributed by atoms with E-state index in [2.05, 4.69) is 25.7 Å². The third-order valence-electron chi connectivity index (χ3n) is 3.96. The first kappa shape index (κ1) is 15.5. The van der Waals surface area contributed by atoms with E-state index in [1.165, 1.54) is 0 Å². The summed E-state index contributed by atoms with van der Waals surface area (Å²) in [6.45, 7) is 3.50. The average Bonchev–Trinajstić information content (AvgIpc) is 3.00. The fourth-order valence-electron chi connectivity index (χ4n) is 2.76. The third kappa shape index (κ3) is 3.85. The van der Waals surface area contributed by atoms with Gasteiger partial charge in [-0.3, -0.25) is 4.98 Å². The molecule has 1 atom stereocenters. The van der Waals surface area contributed by atoms with E-state index in [0.29, 0.717) is 6.54 Å². The Labute approximate surface area is 135 Å². The normalized spacial score (nSPS) is 16.7. The van der Waals surface area contributed by atoms with Crippen molar-refractivity contribution in [2.45, 2.75) is 45.2 Å². The monoisotopic (exact) mass is 314 g/mol. The van der Waals surface area contributed by atoms with E-state index in [1.807, 2.05) is 29.9 Å². The molecule has 7 heteroatoms. The van der Waals surface area contributed by atoms with Crippen LogP contribution in [0.2, 0.25) is 0 Å². The van der Waals surface area contributed by atoms with Gasteiger partial charge in [0.05, 0.1) is 6.04 Å². The van der Waals surface area contributed by atoms with E-state index in [-0.39, 0.29) is 12.1 Å². The molecule has 3 rings (SSSR count). The molecule has 0 saturated carbocycles. The van der Waals surface area contributed by atoms with Crippen LogP contribution in [0.25, 0.3) is 0 Å². The minimum absolute atomic E-state index is 0.0602. The van der Waals surface area contributed by atoms with Gasteiger partial charge in [0, 0.05) is 31.9 Å². The van der Waals surface area contributed by atoms with Crippen molar-refractivity contribution in [3.05, 3.63) is 41.7 Å². The largest absolute Gasteiger partial charge is 0.338 e. The second-order valence-electron chi connectivity index (χ2n) is 5.67. The molecule has 2 aromatic heterocycles. The molecule has 0 bridgehead atoms. The lowest BCUT2D eigenvalue weighted by Crippen LogP contribution is -2.40. The number of amides is 2. The summed E-state index contributed by atoms with van der Waals surface area (Å²) in [5.74, 6) is 1.71. The van der Waals surface area contributed by atoms with E-state index in [0.717, 1.165) is 49.4 Å². The molecule has 2 amide bonds. The van der Waals surface area contributed by atoms with Crippen LogP contribution in [-0.2, 0) is 19.4 Å². The Hall–Kier alpha value is -2.44. The number of carbonyl (C=O) groups excluding carboxylic acids is 1. The first-order chi connectivity index (χ1) is 11.3. The number of pyridine rings is 1. The highest BCUT2D eigenvalue weighted by atomic mass is 16.2. The first-order valence-corrected chi connectivity index (χ1v) is 8.13. The molecule has 7 nitrogen and oxygen atoms in total. The Bertz CT molecular complexity index is 654. The van der Waals surface area contributed by atoms with Crippen LogP contribution < -0.4 is 10.6 Å². The van der Waals surface area contributed by atoms with E-state index < -0.39 is 0 Å². The molecule has 122 valence electrons. The first-order valence-electron chi connectivity index (χ1n) is 8.13. The number of carbonyl (C=O) groups is 1. The molecule has 0 aliphatic carbocycles. The van der Waals surface area contributed by atoms with Gasteiger partial charge in [-0.15, -0.1) is 0 Å². The van der Waals surface area contributed by atoms with Crippen LogP contribution in [0, 0.1) is 0 Å². The Morgan fingerprint density at radius 1 is 1.48 bits per heavy atom. The van der Waals surface area contributed by atoms with Crippen LogP contribution in [-0.4, -0.2) is 32.3 Å². The molecular formula is C16H22N6O. The lowest BCUT2D eigenvalue weighted by molar-refractivity contribution is 0.233. The molecule has 2 N–H and O–H groups in total. The van der Waals surface area contributed by atoms with Gasteiger partial charge in [0.1, 0.15) is 5.82 Å². The van der Waals surface area contributed by atoms with Gasteiger partial charge >= 0.3 is 6.03 Å². The Balaban J connectivity index is 1.51. The SMILES string of the molecule is CCc1nc2n(n1)CCC[C@@H]2NC(=O)NCCc1cccnc1. The van der Waals surface area contributed by atoms with Gasteiger partial charge in [-0.05, 0) is 30.9 Å². The maximum Gasteiger partial charge on any atom is 0.315 e. The molecule has 0 spiro atoms. The minimum Gasteiger partial charge on any atom is -0.338 e. The highest BCUT2D eigenvalue weighted by molar-refractivity contribution is 5.74. The summed E-state index contributed by atoms with van der Waals surface area (Å²) in [4.78, 5) is 20.7. The van der Waals surface area contributed by atoms with Gasteiger partial charge in [-0.1, -0.05) is 13.0 Å². The molecule has 0 radical (unpaired) electrons. The summed E-state index contributed by atoms with van der Waals surface area (Å²) in [7, 11) is 0. The molecule has 0 fully saturated rings. The molecular weight excluding hydrogens is 292 g/mol. The zero-order chi connectivity index (χ0) is 16.1. The summed E-state index contributed by atoms with van der Waals surface area (Å²) in [5, 5.41) is 10.4. The van der Waals surface area contributed by atoms with Crippen molar-refractivity contribution in [2.24, 2.45) is 0 Å². The molecule has 1 aliphatic heterocycles. The number of hydrogen-bond donors (Lipinski definition) is 2. The van der Waals surface area contributed by atoms with Gasteiger partial charge in [0.15, 0.2) is 5.82 Å². The number of fused-ring (bicyclic) bond motifs is 1. The van der Waals surface area contributed by atoms with E-state index in [1.54, 1.807) is 6.20 Å². The average molecular weight is 314 g/mol. The third-order valence-corrected chi connectivity index (χ3v) is 3.96. The van der Waals surface area contributed by atoms with Crippen molar-refractivity contribution in [3.8, 4) is 0 Å². The Morgan fingerprint density at radius 3 is 3.17 bits per heavy atom. The zero-order valence-electron chi connectivity index (χ0n) is 13.3. The maximum absolute atomic E-state index is 12.1. The Kier molecular flexibility index (Phi) is 4.85. The second kappa shape index (κ2) is 7.21. The minimum atomic E-state index is -0.159. The lowest BCUT2D eigenvalue weighted by atomic mass is 10.1. The molecule has 0 saturated heterocycles. The molecule has 0 unspecified atom stereocenters. The van der Waals surface area contributed by atoms with Crippen LogP contribution in [0.3, 0.4) is 0 Å². The van der Waals surface area contributed by atoms with Crippen molar-refractivity contribution >= 4 is 6.03 Å². The molecule has 1 aliphatic rings. The van der Waals surface area contributed by atoms with Crippen LogP contribution in [0.5, 0.6) is 0 Å². The van der Waals surface area contributed by atoms with Crippen LogP contribution >= 0.6 is 0 Å². The van der Waals surface area contributed by atoms with Gasteiger partial charge in [0.25, 0.3) is 0 Å². The predicted octanol–water partition coefficient (Wildman–Crippen LogP) is 1.61. The van der Waals surface area contributed by atoms with Gasteiger partial charge in [-0.25, -0.2) is 14.5 Å². The van der Waals surface area contributed by atoms with E-state index in [9.17, 15) is 4.79 Å². The number of nitrogens with one attached hydrogen (secondary N) is 2. The van der Waals surface area contributed by atoms with Gasteiger partial charge < -0.3 is 10.6 Å². The van der Waals surface area contributed by atoms with E-state index in [4.69, 9.17) is 0 Å². The number of nitrogens with zero attached hydrogens (tertiary/aromatic N) is 4. The second-order valence-corrected chi connectivity index (χ2v) is 5.67. The topological polar surface area (TPSA) is 84.7 Å². The maximum atomic E-state index is 12.1. The van der Waals surface area contributed by atoms with Crippen LogP contribution in [0.15, 0.2) is 24.5 Å². The summed E-state index contributed by atoms with van der Waals surface area (Å²) in [5.41, 5.74) is 1.11. The van der Waals surface area contributed by atoms with Crippen molar-refractivity contribution in [1.82, 2.24) is 30.4 Å². The highest BCUT2D eigenvalue weighted by Gasteiger charge is 2.25. The van der Waals surface area contributed by atoms with Crippen molar-refractivity contribution in [3.63, 3.8) is 0 Å². The molecule has 0 aromatic carbocycles. The number of aryl methyl sites for hydroxylation is 2. The standard InChI is InChI=1S/C16H22N6O/c1-2-14-20-15-13(6-4-10-22(15)21-14)19-16(23)18-9-7-12-5-3-8-17-11-12/h3,5,8,11,13H,2,4,6-7,9-10H2,1H3,(H2,18,19,23)/t13-/m0/s1. The van der Waals surface area contributed by atoms with Crippen molar-refractivity contribution in [2.75, 3.05) is 6.54 Å². The summed E-state index contributed by atoms with van der Waals surface area (Å²) in [6, 6.07) is 3.68. The molecule has 3 heterocycles. The Morgan fingerprint density at radius 2 is 2.39 bits per heavy atom. The van der Waals surface area contributed by atoms with Gasteiger partial charge in [-0.2, -0.15) is 5.10 Å². The fourth-order valence-corrected chi connectivity index (χ4v) is 2.76. The summed E-state index contributed by atoms with van der Waals surface area (Å²) >= 11 is 0. The van der Waals surface area contributed by atoms with Crippen LogP contribution in [0.4, 0.5) is 4.79 Å². The fraction of sp³-hybridized carbons (Fsp3) is 0.500. The van der Waals surface area contributed by atoms with Crippen molar-refractivity contribution < 1.29 is 4.79 Å². The zero-order valence-corrected chi connectivity index (χ0v) is 13.3. The molecule has 23 heavy (non-hydrogen) atoms. The quantitative estimate of drug-likeness (QED) is 0.878. The predicted molar refractivity (Wildman–Crippen MR) is 85.9 cm³/mol. The molecule has 2 aromatic rings.